The number of Topliss-reactive ketones (excluding diaryl/α,β-unsaturated/α-hetero) is 1. The molecule has 0 radical (unpaired) electrons. The van der Waals surface area contributed by atoms with Crippen LogP contribution in [0, 0.1) is 0 Å². The van der Waals surface area contributed by atoms with Crippen molar-refractivity contribution in [3.05, 3.63) is 65.7 Å². The molecule has 0 bridgehead atoms. The third kappa shape index (κ3) is 2.63. The molecule has 0 spiro atoms. The molecule has 1 amide bonds. The number of nitrogens with one attached hydrogen (secondary N) is 1. The van der Waals surface area contributed by atoms with Crippen molar-refractivity contribution in [2.75, 3.05) is 12.4 Å². The van der Waals surface area contributed by atoms with Crippen molar-refractivity contribution in [2.24, 2.45) is 0 Å². The van der Waals surface area contributed by atoms with Crippen LogP contribution in [-0.4, -0.2) is 18.8 Å². The summed E-state index contributed by atoms with van der Waals surface area (Å²) in [6.45, 7) is 0. The third-order valence-corrected chi connectivity index (χ3v) is 3.63. The van der Waals surface area contributed by atoms with E-state index in [4.69, 9.17) is 4.74 Å². The van der Waals surface area contributed by atoms with Crippen LogP contribution in [0.1, 0.15) is 11.1 Å². The van der Waals surface area contributed by atoms with E-state index in [-0.39, 0.29) is 0 Å². The fourth-order valence-corrected chi connectivity index (χ4v) is 2.48. The average Bonchev–Trinajstić information content (AvgIpc) is 2.99. The molecule has 0 heterocycles. The number of fused-ring (bicyclic) bond motifs is 1. The zero-order valence-corrected chi connectivity index (χ0v) is 12.1. The first-order valence-corrected chi connectivity index (χ1v) is 6.97. The normalized spacial score (nSPS) is 12.3. The van der Waals surface area contributed by atoms with Gasteiger partial charge in [0.15, 0.2) is 0 Å². The summed E-state index contributed by atoms with van der Waals surface area (Å²) in [6, 6.07) is 14.5. The van der Waals surface area contributed by atoms with Crippen LogP contribution < -0.4 is 10.1 Å². The Labute approximate surface area is 128 Å². The van der Waals surface area contributed by atoms with Gasteiger partial charge in [-0.1, -0.05) is 30.3 Å². The Morgan fingerprint density at radius 3 is 2.50 bits per heavy atom. The highest BCUT2D eigenvalue weighted by atomic mass is 16.5. The number of amides is 1. The van der Waals surface area contributed by atoms with Crippen molar-refractivity contribution in [2.45, 2.75) is 6.42 Å². The zero-order chi connectivity index (χ0) is 15.5. The number of hydrogen-bond acceptors (Lipinski definition) is 3. The number of benzene rings is 2. The monoisotopic (exact) mass is 293 g/mol. The Morgan fingerprint density at radius 1 is 1.05 bits per heavy atom. The highest BCUT2D eigenvalue weighted by Gasteiger charge is 2.25. The number of carbonyl (C=O) groups excluding carboxylic acids is 2. The molecule has 110 valence electrons. The van der Waals surface area contributed by atoms with Gasteiger partial charge in [-0.05, 0) is 41.8 Å². The number of carbonyl (C=O) groups is 2. The first-order valence-electron chi connectivity index (χ1n) is 6.97. The van der Waals surface area contributed by atoms with Crippen LogP contribution in [-0.2, 0) is 16.0 Å². The molecule has 1 aliphatic rings. The van der Waals surface area contributed by atoms with Crippen LogP contribution in [0.15, 0.2) is 54.6 Å². The molecule has 22 heavy (non-hydrogen) atoms. The number of hydrogen-bond donors (Lipinski definition) is 1. The number of ether oxygens (including phenoxy) is 1. The van der Waals surface area contributed by atoms with Crippen LogP contribution in [0.2, 0.25) is 0 Å². The van der Waals surface area contributed by atoms with Crippen molar-refractivity contribution >= 4 is 23.0 Å². The molecule has 0 saturated heterocycles. The molecule has 0 unspecified atom stereocenters. The van der Waals surface area contributed by atoms with Crippen LogP contribution in [0.5, 0.6) is 5.75 Å². The number of methoxy groups -OCH3 is 1. The van der Waals surface area contributed by atoms with Crippen LogP contribution in [0.4, 0.5) is 5.69 Å². The minimum absolute atomic E-state index is 0.474. The van der Waals surface area contributed by atoms with Crippen molar-refractivity contribution in [3.63, 3.8) is 0 Å². The summed E-state index contributed by atoms with van der Waals surface area (Å²) >= 11 is 0. The highest BCUT2D eigenvalue weighted by Crippen LogP contribution is 2.28. The van der Waals surface area contributed by atoms with Gasteiger partial charge in [-0.25, -0.2) is 0 Å². The van der Waals surface area contributed by atoms with Crippen LogP contribution in [0.3, 0.4) is 0 Å². The molecular weight excluding hydrogens is 278 g/mol. The molecule has 0 fully saturated rings. The van der Waals surface area contributed by atoms with Gasteiger partial charge in [0.1, 0.15) is 5.75 Å². The Bertz CT molecular complexity index is 760. The molecule has 4 nitrogen and oxygen atoms in total. The fourth-order valence-electron chi connectivity index (χ4n) is 2.48. The molecule has 4 heteroatoms. The third-order valence-electron chi connectivity index (χ3n) is 3.63. The van der Waals surface area contributed by atoms with E-state index in [9.17, 15) is 9.59 Å². The van der Waals surface area contributed by atoms with Crippen LogP contribution >= 0.6 is 0 Å². The molecule has 0 aliphatic heterocycles. The topological polar surface area (TPSA) is 55.4 Å². The maximum Gasteiger partial charge on any atom is 0.296 e. The van der Waals surface area contributed by atoms with Crippen molar-refractivity contribution < 1.29 is 14.3 Å². The van der Waals surface area contributed by atoms with E-state index in [2.05, 4.69) is 5.32 Å². The van der Waals surface area contributed by atoms with Gasteiger partial charge >= 0.3 is 0 Å². The molecule has 2 aromatic carbocycles. The summed E-state index contributed by atoms with van der Waals surface area (Å²) in [5, 5.41) is 2.62. The van der Waals surface area contributed by atoms with E-state index in [0.29, 0.717) is 23.4 Å². The summed E-state index contributed by atoms with van der Waals surface area (Å²) in [4.78, 5) is 24.5. The molecule has 3 rings (SSSR count). The van der Waals surface area contributed by atoms with E-state index in [1.807, 2.05) is 24.3 Å². The number of anilines is 1. The quantitative estimate of drug-likeness (QED) is 0.882. The van der Waals surface area contributed by atoms with Gasteiger partial charge in [-0.3, -0.25) is 9.59 Å². The largest absolute Gasteiger partial charge is 0.497 e. The molecular formula is C18H15NO3. The Kier molecular flexibility index (Phi) is 3.74. The van der Waals surface area contributed by atoms with Gasteiger partial charge < -0.3 is 10.1 Å². The molecule has 2 aromatic rings. The fraction of sp³-hybridized carbons (Fsp3) is 0.111. The predicted octanol–water partition coefficient (Wildman–Crippen LogP) is 2.84. The second-order valence-electron chi connectivity index (χ2n) is 4.99. The summed E-state index contributed by atoms with van der Waals surface area (Å²) in [5.41, 5.74) is 2.95. The van der Waals surface area contributed by atoms with E-state index in [0.717, 1.165) is 11.1 Å². The molecule has 0 saturated carbocycles. The van der Waals surface area contributed by atoms with Crippen molar-refractivity contribution in [3.8, 4) is 5.75 Å². The summed E-state index contributed by atoms with van der Waals surface area (Å²) in [7, 11) is 1.57. The van der Waals surface area contributed by atoms with E-state index >= 15 is 0 Å². The van der Waals surface area contributed by atoms with E-state index in [1.54, 1.807) is 37.5 Å². The standard InChI is InChI=1S/C18H15NO3/c1-22-14-9-7-13(8-10-14)19-18(21)17(20)16-11-6-12-4-2-3-5-15(12)16/h2-5,7-11H,6H2,1H3,(H,19,21). The molecule has 0 atom stereocenters. The second kappa shape index (κ2) is 5.85. The minimum atomic E-state index is -0.631. The van der Waals surface area contributed by atoms with E-state index < -0.39 is 11.7 Å². The number of rotatable bonds is 4. The molecule has 0 aromatic heterocycles. The number of ketones is 1. The number of allylic oxidation sites excluding steroid dienone is 1. The lowest BCUT2D eigenvalue weighted by Crippen LogP contribution is -2.23. The predicted molar refractivity (Wildman–Crippen MR) is 84.8 cm³/mol. The Balaban J connectivity index is 1.74. The van der Waals surface area contributed by atoms with Gasteiger partial charge in [-0.2, -0.15) is 0 Å². The second-order valence-corrected chi connectivity index (χ2v) is 4.99. The SMILES string of the molecule is COc1ccc(NC(=O)C(=O)C2=CCc3ccccc32)cc1. The Hall–Kier alpha value is -2.88. The van der Waals surface area contributed by atoms with Crippen molar-refractivity contribution in [1.29, 1.82) is 0 Å². The van der Waals surface area contributed by atoms with E-state index in [1.165, 1.54) is 0 Å². The lowest BCUT2D eigenvalue weighted by Gasteiger charge is -2.07. The van der Waals surface area contributed by atoms with Crippen LogP contribution in [0.25, 0.3) is 5.57 Å². The van der Waals surface area contributed by atoms with Gasteiger partial charge in [0.05, 0.1) is 7.11 Å². The first-order chi connectivity index (χ1) is 10.7. The highest BCUT2D eigenvalue weighted by molar-refractivity contribution is 6.56. The Morgan fingerprint density at radius 2 is 1.77 bits per heavy atom. The minimum Gasteiger partial charge on any atom is -0.497 e. The van der Waals surface area contributed by atoms with Gasteiger partial charge in [0.2, 0.25) is 0 Å². The maximum atomic E-state index is 12.3. The smallest absolute Gasteiger partial charge is 0.296 e. The lowest BCUT2D eigenvalue weighted by atomic mass is 10.0. The first kappa shape index (κ1) is 14.1. The molecule has 1 aliphatic carbocycles. The average molecular weight is 293 g/mol. The van der Waals surface area contributed by atoms with Gasteiger partial charge in [0, 0.05) is 11.3 Å². The summed E-state index contributed by atoms with van der Waals surface area (Å²) in [5.74, 6) is -0.453. The summed E-state index contributed by atoms with van der Waals surface area (Å²) < 4.78 is 5.05. The summed E-state index contributed by atoms with van der Waals surface area (Å²) in [6.07, 6.45) is 2.49. The van der Waals surface area contributed by atoms with Gasteiger partial charge in [0.25, 0.3) is 11.7 Å². The maximum absolute atomic E-state index is 12.3. The van der Waals surface area contributed by atoms with Crippen molar-refractivity contribution in [1.82, 2.24) is 0 Å². The van der Waals surface area contributed by atoms with Gasteiger partial charge in [-0.15, -0.1) is 0 Å². The zero-order valence-electron chi connectivity index (χ0n) is 12.1. The molecule has 1 N–H and O–H groups in total. The lowest BCUT2D eigenvalue weighted by molar-refractivity contribution is -0.131.